The zero-order chi connectivity index (χ0) is 13.9. The first kappa shape index (κ1) is 13.2. The van der Waals surface area contributed by atoms with Crippen LogP contribution in [0, 0.1) is 0 Å². The van der Waals surface area contributed by atoms with E-state index < -0.39 is 6.17 Å². The van der Waals surface area contributed by atoms with Crippen LogP contribution in [0.25, 0.3) is 0 Å². The molecule has 1 unspecified atom stereocenters. The molecule has 1 aromatic rings. The van der Waals surface area contributed by atoms with E-state index >= 15 is 0 Å². The number of amides is 1. The quantitative estimate of drug-likeness (QED) is 0.826. The largest absolute Gasteiger partial charge is 0.350 e. The van der Waals surface area contributed by atoms with Gasteiger partial charge < -0.3 is 15.5 Å². The fraction of sp³-hybridized carbons (Fsp3) is 0.615. The van der Waals surface area contributed by atoms with Gasteiger partial charge in [-0.1, -0.05) is 0 Å². The maximum atomic E-state index is 13.1. The standard InChI is InChI=1S/C13H18FN5O/c14-9-2-5-19(8-9)12(20)11-6-10(7-17-11)18-13-15-3-1-4-16-13/h1,3-4,9-11,17H,2,5-8H2,(H,15,16,18)/t9?,10-,11-/m0/s1. The molecule has 2 N–H and O–H groups in total. The molecule has 6 nitrogen and oxygen atoms in total. The van der Waals surface area contributed by atoms with Gasteiger partial charge in [0, 0.05) is 31.5 Å². The fourth-order valence-electron chi connectivity index (χ4n) is 2.73. The van der Waals surface area contributed by atoms with E-state index in [2.05, 4.69) is 20.6 Å². The van der Waals surface area contributed by atoms with Crippen molar-refractivity contribution in [2.24, 2.45) is 0 Å². The molecule has 0 spiro atoms. The van der Waals surface area contributed by atoms with Crippen LogP contribution in [0.3, 0.4) is 0 Å². The molecule has 0 aliphatic carbocycles. The first-order valence-corrected chi connectivity index (χ1v) is 6.92. The van der Waals surface area contributed by atoms with Crippen molar-refractivity contribution in [3.05, 3.63) is 18.5 Å². The molecule has 2 aliphatic heterocycles. The van der Waals surface area contributed by atoms with Crippen LogP contribution in [0.1, 0.15) is 12.8 Å². The van der Waals surface area contributed by atoms with Gasteiger partial charge in [-0.25, -0.2) is 14.4 Å². The molecule has 0 bridgehead atoms. The summed E-state index contributed by atoms with van der Waals surface area (Å²) < 4.78 is 13.1. The van der Waals surface area contributed by atoms with Crippen LogP contribution in [0.2, 0.25) is 0 Å². The van der Waals surface area contributed by atoms with Crippen molar-refractivity contribution >= 4 is 11.9 Å². The van der Waals surface area contributed by atoms with Crippen molar-refractivity contribution in [2.45, 2.75) is 31.1 Å². The predicted molar refractivity (Wildman–Crippen MR) is 71.9 cm³/mol. The lowest BCUT2D eigenvalue weighted by atomic mass is 10.1. The zero-order valence-corrected chi connectivity index (χ0v) is 11.1. The third kappa shape index (κ3) is 2.87. The Kier molecular flexibility index (Phi) is 3.77. The minimum Gasteiger partial charge on any atom is -0.350 e. The van der Waals surface area contributed by atoms with Crippen molar-refractivity contribution in [1.29, 1.82) is 0 Å². The van der Waals surface area contributed by atoms with Crippen LogP contribution >= 0.6 is 0 Å². The average Bonchev–Trinajstić information content (AvgIpc) is 3.08. The summed E-state index contributed by atoms with van der Waals surface area (Å²) in [6, 6.07) is 1.64. The van der Waals surface area contributed by atoms with Crippen LogP contribution < -0.4 is 10.6 Å². The molecule has 2 saturated heterocycles. The summed E-state index contributed by atoms with van der Waals surface area (Å²) in [5.41, 5.74) is 0. The molecule has 0 saturated carbocycles. The lowest BCUT2D eigenvalue weighted by molar-refractivity contribution is -0.132. The highest BCUT2D eigenvalue weighted by atomic mass is 19.1. The Morgan fingerprint density at radius 2 is 2.25 bits per heavy atom. The van der Waals surface area contributed by atoms with Crippen LogP contribution in [0.5, 0.6) is 0 Å². The summed E-state index contributed by atoms with van der Waals surface area (Å²) in [5.74, 6) is 0.570. The summed E-state index contributed by atoms with van der Waals surface area (Å²) in [7, 11) is 0. The van der Waals surface area contributed by atoms with Gasteiger partial charge in [0.05, 0.1) is 12.6 Å². The maximum Gasteiger partial charge on any atom is 0.239 e. The number of hydrogen-bond donors (Lipinski definition) is 2. The lowest BCUT2D eigenvalue weighted by Gasteiger charge is -2.19. The number of likely N-dealkylation sites (tertiary alicyclic amines) is 1. The topological polar surface area (TPSA) is 70.1 Å². The summed E-state index contributed by atoms with van der Waals surface area (Å²) in [6.07, 6.45) is 3.60. The second-order valence-corrected chi connectivity index (χ2v) is 5.28. The van der Waals surface area contributed by atoms with E-state index in [1.807, 2.05) is 0 Å². The third-order valence-electron chi connectivity index (χ3n) is 3.77. The Hall–Kier alpha value is -1.76. The molecule has 0 aromatic carbocycles. The normalized spacial score (nSPS) is 29.6. The number of aromatic nitrogens is 2. The number of nitrogens with one attached hydrogen (secondary N) is 2. The number of halogens is 1. The van der Waals surface area contributed by atoms with E-state index in [1.165, 1.54) is 0 Å². The summed E-state index contributed by atoms with van der Waals surface area (Å²) >= 11 is 0. The van der Waals surface area contributed by atoms with Crippen molar-refractivity contribution in [1.82, 2.24) is 20.2 Å². The van der Waals surface area contributed by atoms with E-state index in [-0.39, 0.29) is 24.5 Å². The monoisotopic (exact) mass is 279 g/mol. The highest BCUT2D eigenvalue weighted by Gasteiger charge is 2.35. The van der Waals surface area contributed by atoms with E-state index in [4.69, 9.17) is 0 Å². The smallest absolute Gasteiger partial charge is 0.239 e. The van der Waals surface area contributed by atoms with Crippen LogP contribution in [0.4, 0.5) is 10.3 Å². The molecule has 2 aliphatic rings. The van der Waals surface area contributed by atoms with Gasteiger partial charge >= 0.3 is 0 Å². The van der Waals surface area contributed by atoms with Gasteiger partial charge in [0.15, 0.2) is 0 Å². The first-order valence-electron chi connectivity index (χ1n) is 6.92. The highest BCUT2D eigenvalue weighted by Crippen LogP contribution is 2.18. The maximum absolute atomic E-state index is 13.1. The molecular formula is C13H18FN5O. The van der Waals surface area contributed by atoms with Gasteiger partial charge in [-0.05, 0) is 18.9 Å². The second kappa shape index (κ2) is 5.70. The first-order chi connectivity index (χ1) is 9.72. The van der Waals surface area contributed by atoms with E-state index in [1.54, 1.807) is 23.4 Å². The molecule has 3 rings (SSSR count). The molecular weight excluding hydrogens is 261 g/mol. The van der Waals surface area contributed by atoms with Crippen molar-refractivity contribution in [2.75, 3.05) is 25.0 Å². The minimum absolute atomic E-state index is 0.00318. The molecule has 2 fully saturated rings. The average molecular weight is 279 g/mol. The van der Waals surface area contributed by atoms with Crippen molar-refractivity contribution < 1.29 is 9.18 Å². The SMILES string of the molecule is O=C([C@@H]1C[C@H](Nc2ncccn2)CN1)N1CCC(F)C1. The van der Waals surface area contributed by atoms with Crippen molar-refractivity contribution in [3.8, 4) is 0 Å². The predicted octanol–water partition coefficient (Wildman–Crippen LogP) is 0.189. The van der Waals surface area contributed by atoms with Gasteiger partial charge in [0.1, 0.15) is 6.17 Å². The van der Waals surface area contributed by atoms with E-state index in [0.717, 1.165) is 0 Å². The second-order valence-electron chi connectivity index (χ2n) is 5.28. The van der Waals surface area contributed by atoms with Gasteiger partial charge in [-0.3, -0.25) is 4.79 Å². The molecule has 0 radical (unpaired) electrons. The lowest BCUT2D eigenvalue weighted by Crippen LogP contribution is -2.42. The summed E-state index contributed by atoms with van der Waals surface area (Å²) in [6.45, 7) is 1.44. The minimum atomic E-state index is -0.869. The van der Waals surface area contributed by atoms with Crippen LogP contribution in [0.15, 0.2) is 18.5 Å². The number of carbonyl (C=O) groups excluding carboxylic acids is 1. The van der Waals surface area contributed by atoms with Crippen LogP contribution in [-0.2, 0) is 4.79 Å². The van der Waals surface area contributed by atoms with E-state index in [9.17, 15) is 9.18 Å². The van der Waals surface area contributed by atoms with E-state index in [0.29, 0.717) is 31.9 Å². The Balaban J connectivity index is 1.53. The molecule has 3 heterocycles. The Labute approximate surface area is 116 Å². The number of carbonyl (C=O) groups is 1. The molecule has 20 heavy (non-hydrogen) atoms. The Morgan fingerprint density at radius 1 is 1.45 bits per heavy atom. The molecule has 3 atom stereocenters. The van der Waals surface area contributed by atoms with Gasteiger partial charge in [-0.15, -0.1) is 0 Å². The number of hydrogen-bond acceptors (Lipinski definition) is 5. The highest BCUT2D eigenvalue weighted by molar-refractivity contribution is 5.82. The number of anilines is 1. The van der Waals surface area contributed by atoms with Gasteiger partial charge in [0.25, 0.3) is 0 Å². The number of nitrogens with zero attached hydrogens (tertiary/aromatic N) is 3. The van der Waals surface area contributed by atoms with Crippen molar-refractivity contribution in [3.63, 3.8) is 0 Å². The molecule has 108 valence electrons. The Morgan fingerprint density at radius 3 is 2.95 bits per heavy atom. The molecule has 1 amide bonds. The Bertz CT molecular complexity index is 471. The molecule has 1 aromatic heterocycles. The fourth-order valence-corrected chi connectivity index (χ4v) is 2.73. The summed E-state index contributed by atoms with van der Waals surface area (Å²) in [4.78, 5) is 22.1. The summed E-state index contributed by atoms with van der Waals surface area (Å²) in [5, 5.41) is 6.38. The number of alkyl halides is 1. The third-order valence-corrected chi connectivity index (χ3v) is 3.77. The molecule has 7 heteroatoms. The number of rotatable bonds is 3. The van der Waals surface area contributed by atoms with Gasteiger partial charge in [-0.2, -0.15) is 0 Å². The zero-order valence-electron chi connectivity index (χ0n) is 11.1. The van der Waals surface area contributed by atoms with Gasteiger partial charge in [0.2, 0.25) is 11.9 Å². The van der Waals surface area contributed by atoms with Crippen LogP contribution in [-0.4, -0.2) is 58.7 Å².